The van der Waals surface area contributed by atoms with Crippen molar-refractivity contribution >= 4 is 22.6 Å². The van der Waals surface area contributed by atoms with Gasteiger partial charge in [0.2, 0.25) is 0 Å². The van der Waals surface area contributed by atoms with E-state index < -0.39 is 0 Å². The highest BCUT2D eigenvalue weighted by Crippen LogP contribution is 2.21. The topological polar surface area (TPSA) is 73.0 Å². The van der Waals surface area contributed by atoms with Crippen molar-refractivity contribution in [1.82, 2.24) is 14.9 Å². The summed E-state index contributed by atoms with van der Waals surface area (Å²) in [6.07, 6.45) is 0. The van der Waals surface area contributed by atoms with Crippen molar-refractivity contribution in [2.45, 2.75) is 20.4 Å². The third kappa shape index (κ3) is 3.09. The predicted molar refractivity (Wildman–Crippen MR) is 99.2 cm³/mol. The number of nitrogens with zero attached hydrogens (tertiary/aromatic N) is 3. The molecule has 4 aromatic rings. The smallest absolute Gasteiger partial charge is 0.278 e. The number of hydrogen-bond acceptors (Lipinski definition) is 4. The van der Waals surface area contributed by atoms with Crippen LogP contribution >= 0.6 is 0 Å². The zero-order valence-electron chi connectivity index (χ0n) is 14.6. The lowest BCUT2D eigenvalue weighted by atomic mass is 10.1. The molecule has 0 aliphatic heterocycles. The normalized spacial score (nSPS) is 11.0. The van der Waals surface area contributed by atoms with Crippen LogP contribution in [-0.4, -0.2) is 20.8 Å². The highest BCUT2D eigenvalue weighted by atomic mass is 16.5. The number of nitrogens with one attached hydrogen (secondary N) is 1. The highest BCUT2D eigenvalue weighted by molar-refractivity contribution is 6.10. The summed E-state index contributed by atoms with van der Waals surface area (Å²) >= 11 is 0. The Morgan fingerprint density at radius 3 is 2.62 bits per heavy atom. The summed E-state index contributed by atoms with van der Waals surface area (Å²) in [5.74, 6) is 0.705. The SMILES string of the molecule is Cc1ccc(Cn2nc(C(=O)Nc3cc(C)on3)c3ccccc32)cc1. The molecule has 0 aliphatic carbocycles. The van der Waals surface area contributed by atoms with E-state index in [0.717, 1.165) is 16.5 Å². The average Bonchev–Trinajstić information content (AvgIpc) is 3.21. The van der Waals surface area contributed by atoms with Crippen LogP contribution in [0.5, 0.6) is 0 Å². The van der Waals surface area contributed by atoms with Crippen LogP contribution < -0.4 is 5.32 Å². The standard InChI is InChI=1S/C20H18N4O2/c1-13-7-9-15(10-8-13)12-24-17-6-4-3-5-16(17)19(22-24)20(25)21-18-11-14(2)26-23-18/h3-11H,12H2,1-2H3,(H,21,23,25). The lowest BCUT2D eigenvalue weighted by Gasteiger charge is -2.04. The zero-order chi connectivity index (χ0) is 18.1. The molecule has 2 heterocycles. The molecular formula is C20H18N4O2. The molecule has 0 radical (unpaired) electrons. The number of aromatic nitrogens is 3. The van der Waals surface area contributed by atoms with Gasteiger partial charge in [-0.05, 0) is 25.5 Å². The number of anilines is 1. The number of amides is 1. The van der Waals surface area contributed by atoms with Gasteiger partial charge in [-0.2, -0.15) is 5.10 Å². The number of rotatable bonds is 4. The van der Waals surface area contributed by atoms with Crippen LogP contribution in [0.4, 0.5) is 5.82 Å². The summed E-state index contributed by atoms with van der Waals surface area (Å²) in [5.41, 5.74) is 3.62. The van der Waals surface area contributed by atoms with Crippen molar-refractivity contribution in [1.29, 1.82) is 0 Å². The number of para-hydroxylation sites is 1. The van der Waals surface area contributed by atoms with Crippen molar-refractivity contribution in [2.75, 3.05) is 5.32 Å². The van der Waals surface area contributed by atoms with Crippen molar-refractivity contribution in [3.8, 4) is 0 Å². The molecule has 6 nitrogen and oxygen atoms in total. The largest absolute Gasteiger partial charge is 0.360 e. The fourth-order valence-corrected chi connectivity index (χ4v) is 2.88. The molecule has 0 saturated heterocycles. The van der Waals surface area contributed by atoms with Crippen LogP contribution in [0.3, 0.4) is 0 Å². The Labute approximate surface area is 150 Å². The minimum absolute atomic E-state index is 0.308. The monoisotopic (exact) mass is 346 g/mol. The Kier molecular flexibility index (Phi) is 4.01. The first-order chi connectivity index (χ1) is 12.6. The Hall–Kier alpha value is -3.41. The van der Waals surface area contributed by atoms with Crippen molar-refractivity contribution in [2.24, 2.45) is 0 Å². The first kappa shape index (κ1) is 16.1. The van der Waals surface area contributed by atoms with Crippen molar-refractivity contribution in [3.05, 3.63) is 77.2 Å². The lowest BCUT2D eigenvalue weighted by Crippen LogP contribution is -2.14. The van der Waals surface area contributed by atoms with Crippen LogP contribution in [0, 0.1) is 13.8 Å². The number of benzene rings is 2. The van der Waals surface area contributed by atoms with E-state index in [1.54, 1.807) is 13.0 Å². The molecule has 4 rings (SSSR count). The maximum Gasteiger partial charge on any atom is 0.278 e. The number of carbonyl (C=O) groups is 1. The molecule has 0 aliphatic rings. The predicted octanol–water partition coefficient (Wildman–Crippen LogP) is 3.94. The Morgan fingerprint density at radius 2 is 1.88 bits per heavy atom. The molecule has 0 bridgehead atoms. The van der Waals surface area contributed by atoms with Gasteiger partial charge in [0, 0.05) is 11.5 Å². The van der Waals surface area contributed by atoms with E-state index in [2.05, 4.69) is 46.8 Å². The lowest BCUT2D eigenvalue weighted by molar-refractivity contribution is 0.102. The number of aryl methyl sites for hydroxylation is 2. The van der Waals surface area contributed by atoms with E-state index in [1.165, 1.54) is 5.56 Å². The number of carbonyl (C=O) groups excluding carboxylic acids is 1. The molecule has 6 heteroatoms. The van der Waals surface area contributed by atoms with Gasteiger partial charge in [0.1, 0.15) is 5.76 Å². The van der Waals surface area contributed by atoms with Crippen LogP contribution in [0.15, 0.2) is 59.1 Å². The van der Waals surface area contributed by atoms with Gasteiger partial charge in [0.05, 0.1) is 12.1 Å². The van der Waals surface area contributed by atoms with E-state index in [0.29, 0.717) is 23.8 Å². The van der Waals surface area contributed by atoms with E-state index in [-0.39, 0.29) is 5.91 Å². The molecule has 130 valence electrons. The summed E-state index contributed by atoms with van der Waals surface area (Å²) < 4.78 is 6.84. The fraction of sp³-hybridized carbons (Fsp3) is 0.150. The summed E-state index contributed by atoms with van der Waals surface area (Å²) in [5, 5.41) is 11.9. The molecule has 26 heavy (non-hydrogen) atoms. The Balaban J connectivity index is 1.69. The van der Waals surface area contributed by atoms with Gasteiger partial charge < -0.3 is 9.84 Å². The van der Waals surface area contributed by atoms with Gasteiger partial charge >= 0.3 is 0 Å². The van der Waals surface area contributed by atoms with Crippen LogP contribution in [-0.2, 0) is 6.54 Å². The second kappa shape index (κ2) is 6.48. The maximum absolute atomic E-state index is 12.7. The molecule has 2 aromatic heterocycles. The first-order valence-corrected chi connectivity index (χ1v) is 8.36. The summed E-state index contributed by atoms with van der Waals surface area (Å²) in [6, 6.07) is 17.7. The molecule has 0 unspecified atom stereocenters. The second-order valence-corrected chi connectivity index (χ2v) is 6.29. The second-order valence-electron chi connectivity index (χ2n) is 6.29. The van der Waals surface area contributed by atoms with Gasteiger partial charge in [0.25, 0.3) is 5.91 Å². The number of fused-ring (bicyclic) bond motifs is 1. The van der Waals surface area contributed by atoms with Crippen LogP contribution in [0.1, 0.15) is 27.4 Å². The Bertz CT molecular complexity index is 1080. The molecule has 0 saturated carbocycles. The summed E-state index contributed by atoms with van der Waals surface area (Å²) in [4.78, 5) is 12.7. The van der Waals surface area contributed by atoms with E-state index in [9.17, 15) is 4.79 Å². The first-order valence-electron chi connectivity index (χ1n) is 8.36. The molecule has 1 amide bonds. The molecule has 0 fully saturated rings. The minimum atomic E-state index is -0.308. The molecule has 1 N–H and O–H groups in total. The van der Waals surface area contributed by atoms with Gasteiger partial charge in [-0.1, -0.05) is 53.2 Å². The van der Waals surface area contributed by atoms with Gasteiger partial charge in [-0.15, -0.1) is 0 Å². The molecule has 0 atom stereocenters. The number of hydrogen-bond donors (Lipinski definition) is 1. The van der Waals surface area contributed by atoms with Crippen LogP contribution in [0.2, 0.25) is 0 Å². The van der Waals surface area contributed by atoms with Crippen molar-refractivity contribution in [3.63, 3.8) is 0 Å². The average molecular weight is 346 g/mol. The van der Waals surface area contributed by atoms with Gasteiger partial charge in [-0.3, -0.25) is 9.48 Å². The fourth-order valence-electron chi connectivity index (χ4n) is 2.88. The maximum atomic E-state index is 12.7. The van der Waals surface area contributed by atoms with Crippen LogP contribution in [0.25, 0.3) is 10.9 Å². The molecule has 0 spiro atoms. The van der Waals surface area contributed by atoms with E-state index in [4.69, 9.17) is 4.52 Å². The van der Waals surface area contributed by atoms with Crippen molar-refractivity contribution < 1.29 is 9.32 Å². The summed E-state index contributed by atoms with van der Waals surface area (Å²) in [7, 11) is 0. The molecule has 2 aromatic carbocycles. The third-order valence-corrected chi connectivity index (χ3v) is 4.20. The Morgan fingerprint density at radius 1 is 1.12 bits per heavy atom. The van der Waals surface area contributed by atoms with E-state index in [1.807, 2.05) is 28.9 Å². The zero-order valence-corrected chi connectivity index (χ0v) is 14.6. The molecular weight excluding hydrogens is 328 g/mol. The minimum Gasteiger partial charge on any atom is -0.360 e. The van der Waals surface area contributed by atoms with E-state index >= 15 is 0 Å². The van der Waals surface area contributed by atoms with Gasteiger partial charge in [-0.25, -0.2) is 0 Å². The quantitative estimate of drug-likeness (QED) is 0.607. The summed E-state index contributed by atoms with van der Waals surface area (Å²) in [6.45, 7) is 4.42. The van der Waals surface area contributed by atoms with Gasteiger partial charge in [0.15, 0.2) is 11.5 Å². The highest BCUT2D eigenvalue weighted by Gasteiger charge is 2.18. The third-order valence-electron chi connectivity index (χ3n) is 4.20.